The van der Waals surface area contributed by atoms with E-state index in [1.54, 1.807) is 0 Å². The van der Waals surface area contributed by atoms with Gasteiger partial charge in [-0.3, -0.25) is 0 Å². The Bertz CT molecular complexity index is 1660. The first-order chi connectivity index (χ1) is 15.1. The number of aromatic nitrogens is 1. The third-order valence-corrected chi connectivity index (χ3v) is 8.09. The van der Waals surface area contributed by atoms with Crippen LogP contribution >= 0.6 is 11.3 Å². The van der Waals surface area contributed by atoms with Crippen LogP contribution < -0.4 is 0 Å². The topological polar surface area (TPSA) is 4.93 Å². The van der Waals surface area contributed by atoms with Crippen LogP contribution in [0.25, 0.3) is 47.9 Å². The van der Waals surface area contributed by atoms with Crippen molar-refractivity contribution in [3.05, 3.63) is 102 Å². The average molecular weight is 416 g/mol. The molecule has 0 unspecified atom stereocenters. The van der Waals surface area contributed by atoms with Gasteiger partial charge in [0.25, 0.3) is 0 Å². The number of nitrogens with zero attached hydrogens (tertiary/aromatic N) is 1. The summed E-state index contributed by atoms with van der Waals surface area (Å²) in [7, 11) is 0. The Balaban J connectivity index is 1.60. The Labute approximate surface area is 185 Å². The van der Waals surface area contributed by atoms with Crippen molar-refractivity contribution in [1.29, 1.82) is 0 Å². The zero-order valence-electron chi connectivity index (χ0n) is 17.5. The van der Waals surface area contributed by atoms with Gasteiger partial charge < -0.3 is 4.57 Å². The van der Waals surface area contributed by atoms with E-state index in [1.807, 2.05) is 11.3 Å². The highest BCUT2D eigenvalue weighted by Gasteiger charge is 2.40. The molecule has 0 amide bonds. The van der Waals surface area contributed by atoms with Crippen LogP contribution in [0.15, 0.2) is 91.0 Å². The third kappa shape index (κ3) is 2.15. The summed E-state index contributed by atoms with van der Waals surface area (Å²) in [5.74, 6) is 0. The van der Waals surface area contributed by atoms with Gasteiger partial charge in [0.2, 0.25) is 0 Å². The van der Waals surface area contributed by atoms with Crippen molar-refractivity contribution in [2.24, 2.45) is 0 Å². The Morgan fingerprint density at radius 2 is 1.39 bits per heavy atom. The number of para-hydroxylation sites is 1. The minimum Gasteiger partial charge on any atom is -0.312 e. The molecule has 0 saturated heterocycles. The smallest absolute Gasteiger partial charge is 0.0538 e. The van der Waals surface area contributed by atoms with Crippen LogP contribution in [0.1, 0.15) is 25.1 Å². The molecule has 0 saturated carbocycles. The van der Waals surface area contributed by atoms with E-state index < -0.39 is 0 Å². The molecule has 0 N–H and O–H groups in total. The molecular formula is C29H21NS. The lowest BCUT2D eigenvalue weighted by molar-refractivity contribution is 0.624. The minimum atomic E-state index is -0.0555. The van der Waals surface area contributed by atoms with Gasteiger partial charge in [0.05, 0.1) is 5.52 Å². The predicted octanol–water partition coefficient (Wildman–Crippen LogP) is 8.30. The fourth-order valence-electron chi connectivity index (χ4n) is 5.60. The van der Waals surface area contributed by atoms with E-state index in [9.17, 15) is 0 Å². The summed E-state index contributed by atoms with van der Waals surface area (Å²) in [6.45, 7) is 4.73. The molecule has 1 aliphatic carbocycles. The second-order valence-corrected chi connectivity index (χ2v) is 10.1. The lowest BCUT2D eigenvalue weighted by Gasteiger charge is -2.24. The first-order valence-electron chi connectivity index (χ1n) is 10.8. The standard InChI is InChI=1S/C29H21NS/c1-29(2)23-12-6-3-10-21(23)27-22-11-4-7-13-24(22)30(28(27)29)18-15-16-20-19-9-5-8-14-25(19)31-26(20)17-18/h3-17H,1-2H3. The molecule has 6 aromatic rings. The quantitative estimate of drug-likeness (QED) is 0.254. The van der Waals surface area contributed by atoms with Gasteiger partial charge >= 0.3 is 0 Å². The predicted molar refractivity (Wildman–Crippen MR) is 134 cm³/mol. The van der Waals surface area contributed by atoms with E-state index in [4.69, 9.17) is 0 Å². The van der Waals surface area contributed by atoms with Crippen molar-refractivity contribution in [2.75, 3.05) is 0 Å². The van der Waals surface area contributed by atoms with Gasteiger partial charge in [-0.1, -0.05) is 80.6 Å². The molecule has 31 heavy (non-hydrogen) atoms. The summed E-state index contributed by atoms with van der Waals surface area (Å²) >= 11 is 1.89. The Morgan fingerprint density at radius 1 is 0.677 bits per heavy atom. The largest absolute Gasteiger partial charge is 0.312 e. The molecule has 0 atom stereocenters. The fourth-order valence-corrected chi connectivity index (χ4v) is 6.74. The van der Waals surface area contributed by atoms with Gasteiger partial charge in [-0.05, 0) is 35.4 Å². The highest BCUT2D eigenvalue weighted by Crippen LogP contribution is 2.53. The molecule has 1 aliphatic rings. The highest BCUT2D eigenvalue weighted by atomic mass is 32.1. The lowest BCUT2D eigenvalue weighted by Crippen LogP contribution is -2.19. The molecule has 0 spiro atoms. The third-order valence-electron chi connectivity index (χ3n) is 6.96. The van der Waals surface area contributed by atoms with Gasteiger partial charge in [0.15, 0.2) is 0 Å². The summed E-state index contributed by atoms with van der Waals surface area (Å²) in [6.07, 6.45) is 0. The first kappa shape index (κ1) is 17.3. The van der Waals surface area contributed by atoms with Crippen LogP contribution in [0.4, 0.5) is 0 Å². The van der Waals surface area contributed by atoms with Gasteiger partial charge in [-0.2, -0.15) is 0 Å². The van der Waals surface area contributed by atoms with Crippen LogP contribution in [-0.2, 0) is 5.41 Å². The maximum atomic E-state index is 2.51. The minimum absolute atomic E-state index is 0.0555. The zero-order valence-corrected chi connectivity index (χ0v) is 18.3. The molecule has 2 heterocycles. The molecular weight excluding hydrogens is 394 g/mol. The molecule has 0 radical (unpaired) electrons. The fraction of sp³-hybridized carbons (Fsp3) is 0.103. The Hall–Kier alpha value is -3.36. The summed E-state index contributed by atoms with van der Waals surface area (Å²) in [6, 6.07) is 33.5. The number of fused-ring (bicyclic) bond motifs is 8. The zero-order chi connectivity index (χ0) is 20.7. The van der Waals surface area contributed by atoms with E-state index in [1.165, 1.54) is 59.1 Å². The molecule has 0 fully saturated rings. The van der Waals surface area contributed by atoms with E-state index in [2.05, 4.69) is 109 Å². The average Bonchev–Trinajstić information content (AvgIpc) is 3.41. The lowest BCUT2D eigenvalue weighted by atomic mass is 9.85. The van der Waals surface area contributed by atoms with Crippen LogP contribution in [0.5, 0.6) is 0 Å². The molecule has 0 bridgehead atoms. The Morgan fingerprint density at radius 3 is 2.29 bits per heavy atom. The Kier molecular flexibility index (Phi) is 3.28. The summed E-state index contributed by atoms with van der Waals surface area (Å²) in [5, 5.41) is 4.04. The van der Waals surface area contributed by atoms with E-state index in [-0.39, 0.29) is 5.41 Å². The summed E-state index contributed by atoms with van der Waals surface area (Å²) in [4.78, 5) is 0. The van der Waals surface area contributed by atoms with Crippen molar-refractivity contribution in [1.82, 2.24) is 4.57 Å². The number of rotatable bonds is 1. The number of thiophene rings is 1. The molecule has 148 valence electrons. The van der Waals surface area contributed by atoms with Crippen LogP contribution in [-0.4, -0.2) is 4.57 Å². The SMILES string of the molecule is CC1(C)c2ccccc2-c2c1n(-c1ccc3c(c1)sc1ccccc13)c1ccccc21. The van der Waals surface area contributed by atoms with E-state index >= 15 is 0 Å². The molecule has 7 rings (SSSR count). The van der Waals surface area contributed by atoms with Crippen LogP contribution in [0.2, 0.25) is 0 Å². The number of hydrogen-bond donors (Lipinski definition) is 0. The highest BCUT2D eigenvalue weighted by molar-refractivity contribution is 7.25. The van der Waals surface area contributed by atoms with Gasteiger partial charge in [0, 0.05) is 47.9 Å². The molecule has 2 heteroatoms. The maximum absolute atomic E-state index is 2.51. The molecule has 2 aromatic heterocycles. The van der Waals surface area contributed by atoms with Gasteiger partial charge in [0.1, 0.15) is 0 Å². The number of hydrogen-bond acceptors (Lipinski definition) is 1. The summed E-state index contributed by atoms with van der Waals surface area (Å²) in [5.41, 5.74) is 8.07. The molecule has 1 nitrogen and oxygen atoms in total. The summed E-state index contributed by atoms with van der Waals surface area (Å²) < 4.78 is 5.21. The van der Waals surface area contributed by atoms with Crippen LogP contribution in [0, 0.1) is 0 Å². The molecule has 0 aliphatic heterocycles. The van der Waals surface area contributed by atoms with Crippen molar-refractivity contribution < 1.29 is 0 Å². The van der Waals surface area contributed by atoms with Crippen molar-refractivity contribution in [3.8, 4) is 16.8 Å². The first-order valence-corrected chi connectivity index (χ1v) is 11.6. The van der Waals surface area contributed by atoms with E-state index in [0.717, 1.165) is 0 Å². The number of benzene rings is 4. The molecule has 4 aromatic carbocycles. The van der Waals surface area contributed by atoms with Gasteiger partial charge in [-0.25, -0.2) is 0 Å². The second-order valence-electron chi connectivity index (χ2n) is 9.03. The van der Waals surface area contributed by atoms with Crippen molar-refractivity contribution >= 4 is 42.4 Å². The van der Waals surface area contributed by atoms with E-state index in [0.29, 0.717) is 0 Å². The monoisotopic (exact) mass is 415 g/mol. The van der Waals surface area contributed by atoms with Crippen molar-refractivity contribution in [3.63, 3.8) is 0 Å². The normalized spacial score (nSPS) is 14.4. The van der Waals surface area contributed by atoms with Crippen LogP contribution in [0.3, 0.4) is 0 Å². The van der Waals surface area contributed by atoms with Crippen molar-refractivity contribution in [2.45, 2.75) is 19.3 Å². The maximum Gasteiger partial charge on any atom is 0.0538 e. The second kappa shape index (κ2) is 5.87. The van der Waals surface area contributed by atoms with Gasteiger partial charge in [-0.15, -0.1) is 11.3 Å².